The number of rotatable bonds is 4. The summed E-state index contributed by atoms with van der Waals surface area (Å²) in [6, 6.07) is 5.68. The molecule has 0 bridgehead atoms. The molecule has 17 heavy (non-hydrogen) atoms. The minimum absolute atomic E-state index is 0.559. The van der Waals surface area contributed by atoms with E-state index in [1.165, 1.54) is 43.6 Å². The molecule has 0 radical (unpaired) electrons. The molecule has 2 atom stereocenters. The molecule has 1 aliphatic rings. The topological polar surface area (TPSA) is 15.3 Å². The van der Waals surface area contributed by atoms with E-state index in [9.17, 15) is 0 Å². The number of thiophene rings is 1. The first-order chi connectivity index (χ1) is 8.29. The van der Waals surface area contributed by atoms with Gasteiger partial charge in [0.05, 0.1) is 0 Å². The van der Waals surface area contributed by atoms with Gasteiger partial charge in [-0.25, -0.2) is 0 Å². The van der Waals surface area contributed by atoms with Gasteiger partial charge in [0.15, 0.2) is 0 Å². The van der Waals surface area contributed by atoms with Crippen molar-refractivity contribution in [3.8, 4) is 0 Å². The van der Waals surface area contributed by atoms with Gasteiger partial charge in [-0.05, 0) is 57.3 Å². The van der Waals surface area contributed by atoms with Crippen LogP contribution in [0.1, 0.15) is 43.5 Å². The van der Waals surface area contributed by atoms with Crippen LogP contribution in [-0.2, 0) is 0 Å². The Labute approximate surface area is 109 Å². The summed E-state index contributed by atoms with van der Waals surface area (Å²) in [5.41, 5.74) is 0. The number of likely N-dealkylation sites (tertiary alicyclic amines) is 1. The van der Waals surface area contributed by atoms with Crippen LogP contribution in [0.25, 0.3) is 0 Å². The third-order valence-corrected chi connectivity index (χ3v) is 4.67. The van der Waals surface area contributed by atoms with Gasteiger partial charge in [0.2, 0.25) is 0 Å². The first-order valence-electron chi connectivity index (χ1n) is 6.77. The fraction of sp³-hybridized carbons (Fsp3) is 0.714. The third kappa shape index (κ3) is 3.80. The maximum atomic E-state index is 3.85. The monoisotopic (exact) mass is 252 g/mol. The molecule has 0 spiro atoms. The molecule has 1 aliphatic heterocycles. The molecule has 2 heterocycles. The quantitative estimate of drug-likeness (QED) is 0.885. The zero-order chi connectivity index (χ0) is 12.1. The summed E-state index contributed by atoms with van der Waals surface area (Å²) in [5, 5.41) is 6.03. The van der Waals surface area contributed by atoms with E-state index in [-0.39, 0.29) is 0 Å². The molecular formula is C14H24N2S. The van der Waals surface area contributed by atoms with Gasteiger partial charge in [-0.3, -0.25) is 0 Å². The lowest BCUT2D eigenvalue weighted by Crippen LogP contribution is -2.33. The molecule has 2 unspecified atom stereocenters. The Bertz CT molecular complexity index is 310. The lowest BCUT2D eigenvalue weighted by molar-refractivity contribution is 0.338. The van der Waals surface area contributed by atoms with Gasteiger partial charge in [-0.1, -0.05) is 13.0 Å². The van der Waals surface area contributed by atoms with Crippen LogP contribution in [0, 0.1) is 0 Å². The van der Waals surface area contributed by atoms with Crippen molar-refractivity contribution in [3.05, 3.63) is 22.4 Å². The first kappa shape index (κ1) is 13.1. The van der Waals surface area contributed by atoms with E-state index in [1.807, 2.05) is 11.3 Å². The predicted octanol–water partition coefficient (Wildman–Crippen LogP) is 3.27. The Morgan fingerprint density at radius 3 is 3.06 bits per heavy atom. The van der Waals surface area contributed by atoms with Gasteiger partial charge in [-0.15, -0.1) is 11.3 Å². The van der Waals surface area contributed by atoms with E-state index >= 15 is 0 Å². The first-order valence-corrected chi connectivity index (χ1v) is 7.65. The Kier molecular flexibility index (Phi) is 5.01. The highest BCUT2D eigenvalue weighted by atomic mass is 32.1. The van der Waals surface area contributed by atoms with Crippen molar-refractivity contribution in [2.45, 2.75) is 44.7 Å². The van der Waals surface area contributed by atoms with Crippen molar-refractivity contribution in [3.63, 3.8) is 0 Å². The molecule has 96 valence electrons. The summed E-state index contributed by atoms with van der Waals surface area (Å²) >= 11 is 1.88. The maximum Gasteiger partial charge on any atom is 0.0414 e. The largest absolute Gasteiger partial charge is 0.306 e. The van der Waals surface area contributed by atoms with Crippen LogP contribution >= 0.6 is 11.3 Å². The second-order valence-electron chi connectivity index (χ2n) is 5.07. The highest BCUT2D eigenvalue weighted by Crippen LogP contribution is 2.24. The van der Waals surface area contributed by atoms with Gasteiger partial charge in [0.25, 0.3) is 0 Å². The van der Waals surface area contributed by atoms with Crippen LogP contribution in [-0.4, -0.2) is 31.1 Å². The molecule has 1 fully saturated rings. The van der Waals surface area contributed by atoms with Crippen molar-refractivity contribution in [2.24, 2.45) is 0 Å². The Balaban J connectivity index is 1.90. The Hall–Kier alpha value is -0.380. The van der Waals surface area contributed by atoms with E-state index < -0.39 is 0 Å². The summed E-state index contributed by atoms with van der Waals surface area (Å²) in [5.74, 6) is 0. The highest BCUT2D eigenvalue weighted by Gasteiger charge is 2.18. The smallest absolute Gasteiger partial charge is 0.0414 e. The summed E-state index contributed by atoms with van der Waals surface area (Å²) in [4.78, 5) is 3.94. The number of hydrogen-bond acceptors (Lipinski definition) is 3. The summed E-state index contributed by atoms with van der Waals surface area (Å²) < 4.78 is 0. The van der Waals surface area contributed by atoms with Crippen molar-refractivity contribution >= 4 is 11.3 Å². The van der Waals surface area contributed by atoms with Gasteiger partial charge in [-0.2, -0.15) is 0 Å². The molecule has 1 aromatic rings. The van der Waals surface area contributed by atoms with Crippen molar-refractivity contribution < 1.29 is 0 Å². The Morgan fingerprint density at radius 1 is 1.47 bits per heavy atom. The van der Waals surface area contributed by atoms with Crippen molar-refractivity contribution in [1.82, 2.24) is 10.2 Å². The summed E-state index contributed by atoms with van der Waals surface area (Å²) in [6.45, 7) is 4.77. The molecule has 1 saturated heterocycles. The molecular weight excluding hydrogens is 228 g/mol. The molecule has 2 nitrogen and oxygen atoms in total. The highest BCUT2D eigenvalue weighted by molar-refractivity contribution is 7.10. The van der Waals surface area contributed by atoms with E-state index in [0.717, 1.165) is 0 Å². The molecule has 0 aliphatic carbocycles. The second-order valence-corrected chi connectivity index (χ2v) is 6.05. The average molecular weight is 252 g/mol. The van der Waals surface area contributed by atoms with Gasteiger partial charge >= 0.3 is 0 Å². The average Bonchev–Trinajstić information content (AvgIpc) is 2.78. The molecule has 0 amide bonds. The van der Waals surface area contributed by atoms with Crippen LogP contribution in [0.5, 0.6) is 0 Å². The lowest BCUT2D eigenvalue weighted by Gasteiger charge is -2.23. The normalized spacial score (nSPS) is 24.5. The molecule has 1 aromatic heterocycles. The SMILES string of the molecule is CCC(NC1CCCN(C)CC1)c1cccs1. The third-order valence-electron chi connectivity index (χ3n) is 3.68. The fourth-order valence-corrected chi connectivity index (χ4v) is 3.45. The predicted molar refractivity (Wildman–Crippen MR) is 75.6 cm³/mol. The van der Waals surface area contributed by atoms with Crippen molar-refractivity contribution in [2.75, 3.05) is 20.1 Å². The number of hydrogen-bond donors (Lipinski definition) is 1. The fourth-order valence-electron chi connectivity index (χ4n) is 2.58. The molecule has 0 saturated carbocycles. The van der Waals surface area contributed by atoms with Gasteiger partial charge < -0.3 is 10.2 Å². The van der Waals surface area contributed by atoms with E-state index in [0.29, 0.717) is 12.1 Å². The van der Waals surface area contributed by atoms with Crippen LogP contribution in [0.15, 0.2) is 17.5 Å². The van der Waals surface area contributed by atoms with Crippen LogP contribution < -0.4 is 5.32 Å². The summed E-state index contributed by atoms with van der Waals surface area (Å²) in [6.07, 6.45) is 5.13. The van der Waals surface area contributed by atoms with Gasteiger partial charge in [0.1, 0.15) is 0 Å². The van der Waals surface area contributed by atoms with E-state index in [2.05, 4.69) is 41.7 Å². The Morgan fingerprint density at radius 2 is 2.35 bits per heavy atom. The van der Waals surface area contributed by atoms with Crippen molar-refractivity contribution in [1.29, 1.82) is 0 Å². The zero-order valence-corrected chi connectivity index (χ0v) is 11.8. The lowest BCUT2D eigenvalue weighted by atomic mass is 10.1. The number of nitrogens with zero attached hydrogens (tertiary/aromatic N) is 1. The molecule has 1 N–H and O–H groups in total. The second kappa shape index (κ2) is 6.53. The molecule has 3 heteroatoms. The van der Waals surface area contributed by atoms with Gasteiger partial charge in [0, 0.05) is 17.0 Å². The molecule has 2 rings (SSSR count). The van der Waals surface area contributed by atoms with Crippen LogP contribution in [0.3, 0.4) is 0 Å². The minimum Gasteiger partial charge on any atom is -0.306 e. The minimum atomic E-state index is 0.559. The number of nitrogens with one attached hydrogen (secondary N) is 1. The maximum absolute atomic E-state index is 3.85. The van der Waals surface area contributed by atoms with E-state index in [1.54, 1.807) is 0 Å². The standard InChI is InChI=1S/C14H24N2S/c1-3-13(14-7-5-11-17-14)15-12-6-4-9-16(2)10-8-12/h5,7,11-13,15H,3-4,6,8-10H2,1-2H3. The summed E-state index contributed by atoms with van der Waals surface area (Å²) in [7, 11) is 2.24. The van der Waals surface area contributed by atoms with E-state index in [4.69, 9.17) is 0 Å². The van der Waals surface area contributed by atoms with Crippen LogP contribution in [0.4, 0.5) is 0 Å². The zero-order valence-electron chi connectivity index (χ0n) is 11.0. The van der Waals surface area contributed by atoms with Crippen LogP contribution in [0.2, 0.25) is 0 Å². The molecule has 0 aromatic carbocycles.